The van der Waals surface area contributed by atoms with E-state index in [1.165, 1.54) is 12.1 Å². The summed E-state index contributed by atoms with van der Waals surface area (Å²) in [6, 6.07) is 14.5. The zero-order valence-corrected chi connectivity index (χ0v) is 25.0. The monoisotopic (exact) mass is 640 g/mol. The zero-order chi connectivity index (χ0) is 33.6. The molecule has 3 rings (SSSR count). The number of alkyl halides is 6. The standard InChI is InChI=1S/C32H34F6N2O5/c1-5-6-22-17-24(30(43,31(33,34)35)32(36,37)38)11-16-27(22)45-26-12-7-21(8-13-26)18-39-28(42)40-29(4,19-41)23-9-14-25(15-10-23)44-20(2)3/h7-17,19-20,43H,5-6,18H2,1-4H3,(H2,39,40,42). The SMILES string of the molecule is CCCc1cc(C(O)(C(F)(F)F)C(F)(F)F)ccc1Oc1ccc(CNC(=O)NC(C)(C=O)c2ccc(OC(C)C)cc2)cc1. The number of ether oxygens (including phenoxy) is 2. The van der Waals surface area contributed by atoms with Gasteiger partial charge in [0.15, 0.2) is 0 Å². The van der Waals surface area contributed by atoms with Crippen LogP contribution in [0.3, 0.4) is 0 Å². The van der Waals surface area contributed by atoms with Gasteiger partial charge in [0.1, 0.15) is 29.1 Å². The molecule has 0 bridgehead atoms. The van der Waals surface area contributed by atoms with E-state index in [9.17, 15) is 41.0 Å². The number of carbonyl (C=O) groups excluding carboxylic acids is 2. The van der Waals surface area contributed by atoms with Crippen molar-refractivity contribution in [2.45, 2.75) is 76.7 Å². The van der Waals surface area contributed by atoms with E-state index in [4.69, 9.17) is 9.47 Å². The summed E-state index contributed by atoms with van der Waals surface area (Å²) < 4.78 is 91.6. The number of aldehydes is 1. The summed E-state index contributed by atoms with van der Waals surface area (Å²) in [5.74, 6) is 0.871. The van der Waals surface area contributed by atoms with E-state index in [-0.39, 0.29) is 36.1 Å². The lowest BCUT2D eigenvalue weighted by atomic mass is 9.90. The van der Waals surface area contributed by atoms with Crippen LogP contribution < -0.4 is 20.1 Å². The van der Waals surface area contributed by atoms with E-state index in [1.54, 1.807) is 50.2 Å². The molecular weight excluding hydrogens is 606 g/mol. The molecule has 2 amide bonds. The van der Waals surface area contributed by atoms with Crippen LogP contribution in [0.5, 0.6) is 17.2 Å². The van der Waals surface area contributed by atoms with E-state index in [1.807, 2.05) is 13.8 Å². The van der Waals surface area contributed by atoms with Crippen LogP contribution in [0.4, 0.5) is 31.1 Å². The minimum atomic E-state index is -6.00. The van der Waals surface area contributed by atoms with Gasteiger partial charge in [-0.1, -0.05) is 43.7 Å². The number of halogens is 6. The lowest BCUT2D eigenvalue weighted by Crippen LogP contribution is -2.53. The van der Waals surface area contributed by atoms with Gasteiger partial charge in [-0.3, -0.25) is 0 Å². The summed E-state index contributed by atoms with van der Waals surface area (Å²) in [7, 11) is 0. The second-order valence-electron chi connectivity index (χ2n) is 10.8. The van der Waals surface area contributed by atoms with Gasteiger partial charge < -0.3 is 30.0 Å². The Balaban J connectivity index is 1.68. The van der Waals surface area contributed by atoms with Crippen LogP contribution >= 0.6 is 0 Å². The molecule has 0 saturated heterocycles. The van der Waals surface area contributed by atoms with Crippen molar-refractivity contribution >= 4 is 12.3 Å². The number of benzene rings is 3. The van der Waals surface area contributed by atoms with E-state index >= 15 is 0 Å². The molecule has 0 fully saturated rings. The fourth-order valence-corrected chi connectivity index (χ4v) is 4.44. The third-order valence-electron chi connectivity index (χ3n) is 6.86. The van der Waals surface area contributed by atoms with Crippen LogP contribution in [0.15, 0.2) is 66.7 Å². The smallest absolute Gasteiger partial charge is 0.430 e. The molecule has 0 aliphatic rings. The number of nitrogens with one attached hydrogen (secondary N) is 2. The van der Waals surface area contributed by atoms with Gasteiger partial charge in [-0.05, 0) is 80.3 Å². The second-order valence-corrected chi connectivity index (χ2v) is 10.8. The van der Waals surface area contributed by atoms with Crippen molar-refractivity contribution in [1.29, 1.82) is 0 Å². The summed E-state index contributed by atoms with van der Waals surface area (Å²) in [5.41, 5.74) is -6.50. The number of hydrogen-bond acceptors (Lipinski definition) is 5. The molecule has 0 spiro atoms. The number of hydrogen-bond donors (Lipinski definition) is 3. The van der Waals surface area contributed by atoms with Crippen molar-refractivity contribution in [3.63, 3.8) is 0 Å². The fraction of sp³-hybridized carbons (Fsp3) is 0.375. The van der Waals surface area contributed by atoms with E-state index in [0.717, 1.165) is 6.07 Å². The van der Waals surface area contributed by atoms with Gasteiger partial charge in [-0.15, -0.1) is 0 Å². The minimum absolute atomic E-state index is 0.0227. The summed E-state index contributed by atoms with van der Waals surface area (Å²) >= 11 is 0. The van der Waals surface area contributed by atoms with Gasteiger partial charge in [0.2, 0.25) is 0 Å². The largest absolute Gasteiger partial charge is 0.491 e. The quantitative estimate of drug-likeness (QED) is 0.141. The summed E-state index contributed by atoms with van der Waals surface area (Å²) in [5, 5.41) is 15.1. The third kappa shape index (κ3) is 8.27. The Hall–Kier alpha value is -4.26. The van der Waals surface area contributed by atoms with Crippen molar-refractivity contribution in [3.05, 3.63) is 89.0 Å². The first-order chi connectivity index (χ1) is 20.9. The van der Waals surface area contributed by atoms with Gasteiger partial charge in [-0.2, -0.15) is 26.3 Å². The molecule has 3 aromatic rings. The average Bonchev–Trinajstić information content (AvgIpc) is 2.96. The molecule has 1 atom stereocenters. The maximum Gasteiger partial charge on any atom is 0.430 e. The van der Waals surface area contributed by atoms with Crippen molar-refractivity contribution in [2.24, 2.45) is 0 Å². The summed E-state index contributed by atoms with van der Waals surface area (Å²) in [4.78, 5) is 24.5. The normalized spacial score (nSPS) is 13.6. The highest BCUT2D eigenvalue weighted by molar-refractivity contribution is 5.81. The lowest BCUT2D eigenvalue weighted by Gasteiger charge is -2.33. The molecule has 0 aromatic heterocycles. The first-order valence-corrected chi connectivity index (χ1v) is 14.0. The van der Waals surface area contributed by atoms with Gasteiger partial charge >= 0.3 is 18.4 Å². The Bertz CT molecular complexity index is 1440. The van der Waals surface area contributed by atoms with E-state index < -0.39 is 35.1 Å². The number of rotatable bonds is 12. The van der Waals surface area contributed by atoms with Gasteiger partial charge in [0, 0.05) is 12.1 Å². The maximum atomic E-state index is 13.4. The number of urea groups is 1. The fourth-order valence-electron chi connectivity index (χ4n) is 4.44. The topological polar surface area (TPSA) is 96.9 Å². The van der Waals surface area contributed by atoms with Crippen LogP contribution in [-0.4, -0.2) is 35.9 Å². The van der Waals surface area contributed by atoms with Crippen molar-refractivity contribution in [3.8, 4) is 17.2 Å². The highest BCUT2D eigenvalue weighted by atomic mass is 19.4. The molecule has 0 saturated carbocycles. The molecule has 3 N–H and O–H groups in total. The Kier molecular flexibility index (Phi) is 10.8. The number of aryl methyl sites for hydroxylation is 1. The minimum Gasteiger partial charge on any atom is -0.491 e. The maximum absolute atomic E-state index is 13.4. The molecule has 244 valence electrons. The molecule has 45 heavy (non-hydrogen) atoms. The molecular formula is C32H34F6N2O5. The lowest BCUT2D eigenvalue weighted by molar-refractivity contribution is -0.376. The first-order valence-electron chi connectivity index (χ1n) is 14.0. The molecule has 1 unspecified atom stereocenters. The Morgan fingerprint density at radius 3 is 1.96 bits per heavy atom. The molecule has 0 aliphatic carbocycles. The average molecular weight is 641 g/mol. The second kappa shape index (κ2) is 13.8. The highest BCUT2D eigenvalue weighted by Gasteiger charge is 2.71. The Morgan fingerprint density at radius 2 is 1.44 bits per heavy atom. The van der Waals surface area contributed by atoms with Crippen LogP contribution in [0.2, 0.25) is 0 Å². The summed E-state index contributed by atoms with van der Waals surface area (Å²) in [6.07, 6.45) is -11.0. The van der Waals surface area contributed by atoms with Crippen LogP contribution in [0, 0.1) is 0 Å². The van der Waals surface area contributed by atoms with E-state index in [0.29, 0.717) is 41.7 Å². The highest BCUT2D eigenvalue weighted by Crippen LogP contribution is 2.50. The first kappa shape index (κ1) is 35.2. The molecule has 0 aliphatic heterocycles. The third-order valence-corrected chi connectivity index (χ3v) is 6.86. The van der Waals surface area contributed by atoms with Crippen molar-refractivity contribution in [1.82, 2.24) is 10.6 Å². The Morgan fingerprint density at radius 1 is 0.889 bits per heavy atom. The molecule has 13 heteroatoms. The zero-order valence-electron chi connectivity index (χ0n) is 25.0. The van der Waals surface area contributed by atoms with Gasteiger partial charge in [-0.25, -0.2) is 4.79 Å². The van der Waals surface area contributed by atoms with Crippen molar-refractivity contribution in [2.75, 3.05) is 0 Å². The predicted octanol–water partition coefficient (Wildman–Crippen LogP) is 7.44. The Labute approximate surface area is 256 Å². The van der Waals surface area contributed by atoms with Crippen LogP contribution in [0.1, 0.15) is 56.4 Å². The summed E-state index contributed by atoms with van der Waals surface area (Å²) in [6.45, 7) is 7.06. The molecule has 7 nitrogen and oxygen atoms in total. The van der Waals surface area contributed by atoms with Gasteiger partial charge in [0.25, 0.3) is 5.60 Å². The predicted molar refractivity (Wildman–Crippen MR) is 154 cm³/mol. The van der Waals surface area contributed by atoms with Gasteiger partial charge in [0.05, 0.1) is 6.10 Å². The van der Waals surface area contributed by atoms with Crippen LogP contribution in [0.25, 0.3) is 0 Å². The number of carbonyl (C=O) groups is 2. The molecule has 0 radical (unpaired) electrons. The van der Waals surface area contributed by atoms with Crippen LogP contribution in [-0.2, 0) is 28.9 Å². The number of aliphatic hydroxyl groups is 1. The number of amides is 2. The molecule has 3 aromatic carbocycles. The molecule has 0 heterocycles. The van der Waals surface area contributed by atoms with E-state index in [2.05, 4.69) is 10.6 Å². The van der Waals surface area contributed by atoms with Crippen molar-refractivity contribution < 1.29 is 50.5 Å².